The maximum Gasteiger partial charge on any atom is 0.257 e. The van der Waals surface area contributed by atoms with Crippen molar-refractivity contribution in [2.75, 3.05) is 31.1 Å². The van der Waals surface area contributed by atoms with Gasteiger partial charge in [0, 0.05) is 39.4 Å². The number of aromatic nitrogens is 4. The van der Waals surface area contributed by atoms with Crippen molar-refractivity contribution in [3.8, 4) is 0 Å². The van der Waals surface area contributed by atoms with Crippen LogP contribution < -0.4 is 4.90 Å². The maximum absolute atomic E-state index is 12.7. The molecule has 4 rings (SSSR count). The lowest BCUT2D eigenvalue weighted by Crippen LogP contribution is -2.35. The molecule has 1 fully saturated rings. The molecule has 0 atom stereocenters. The molecule has 1 amide bonds. The average molecular weight is 350 g/mol. The minimum atomic E-state index is 0.0428. The quantitative estimate of drug-likeness (QED) is 0.707. The lowest BCUT2D eigenvalue weighted by atomic mass is 10.2. The number of rotatable bonds is 2. The molecule has 0 radical (unpaired) electrons. The van der Waals surface area contributed by atoms with E-state index in [9.17, 15) is 4.79 Å². The number of amides is 1. The van der Waals surface area contributed by atoms with Crippen molar-refractivity contribution < 1.29 is 4.79 Å². The Bertz CT molecular complexity index is 950. The number of para-hydroxylation sites is 2. The molecule has 2 aromatic heterocycles. The predicted octanol–water partition coefficient (Wildman–Crippen LogP) is 2.02. The second kappa shape index (κ2) is 6.74. The minimum absolute atomic E-state index is 0.0428. The summed E-state index contributed by atoms with van der Waals surface area (Å²) in [5.74, 6) is 0.959. The molecule has 0 spiro atoms. The number of fused-ring (bicyclic) bond motifs is 1. The Balaban J connectivity index is 1.53. The van der Waals surface area contributed by atoms with Gasteiger partial charge < -0.3 is 9.80 Å². The van der Waals surface area contributed by atoms with Crippen molar-refractivity contribution >= 4 is 22.8 Å². The molecule has 0 unspecified atom stereocenters. The first kappa shape index (κ1) is 16.5. The summed E-state index contributed by atoms with van der Waals surface area (Å²) < 4.78 is 1.66. The first-order valence-electron chi connectivity index (χ1n) is 8.88. The topological polar surface area (TPSA) is 67.2 Å². The summed E-state index contributed by atoms with van der Waals surface area (Å²) >= 11 is 0. The molecule has 3 aromatic rings. The SMILES string of the molecule is Cc1nc2ccccc2nc1N1CCCN(C(=O)c2cnn(C)c2)CC1. The maximum atomic E-state index is 12.7. The highest BCUT2D eigenvalue weighted by Gasteiger charge is 2.23. The molecule has 0 aliphatic carbocycles. The van der Waals surface area contributed by atoms with Gasteiger partial charge in [-0.1, -0.05) is 12.1 Å². The van der Waals surface area contributed by atoms with E-state index in [0.29, 0.717) is 12.1 Å². The van der Waals surface area contributed by atoms with E-state index < -0.39 is 0 Å². The van der Waals surface area contributed by atoms with Gasteiger partial charge in [0.2, 0.25) is 0 Å². The number of nitrogens with zero attached hydrogens (tertiary/aromatic N) is 6. The van der Waals surface area contributed by atoms with Crippen molar-refractivity contribution in [3.05, 3.63) is 47.9 Å². The van der Waals surface area contributed by atoms with E-state index in [1.165, 1.54) is 0 Å². The van der Waals surface area contributed by atoms with Crippen LogP contribution in [-0.4, -0.2) is 56.7 Å². The Hall–Kier alpha value is -2.96. The summed E-state index contributed by atoms with van der Waals surface area (Å²) in [5, 5.41) is 4.10. The van der Waals surface area contributed by atoms with Gasteiger partial charge in [-0.3, -0.25) is 9.48 Å². The Morgan fingerprint density at radius 2 is 1.81 bits per heavy atom. The van der Waals surface area contributed by atoms with Gasteiger partial charge in [0.25, 0.3) is 5.91 Å². The molecule has 7 nitrogen and oxygen atoms in total. The zero-order valence-corrected chi connectivity index (χ0v) is 15.1. The third kappa shape index (κ3) is 3.12. The Morgan fingerprint density at radius 3 is 2.54 bits per heavy atom. The highest BCUT2D eigenvalue weighted by Crippen LogP contribution is 2.21. The van der Waals surface area contributed by atoms with Crippen LogP contribution >= 0.6 is 0 Å². The van der Waals surface area contributed by atoms with Crippen LogP contribution in [0.3, 0.4) is 0 Å². The van der Waals surface area contributed by atoms with Gasteiger partial charge in [0.15, 0.2) is 5.82 Å². The summed E-state index contributed by atoms with van der Waals surface area (Å²) in [5.41, 5.74) is 3.39. The Labute approximate surface area is 152 Å². The molecular formula is C19H22N6O. The van der Waals surface area contributed by atoms with Crippen molar-refractivity contribution in [1.82, 2.24) is 24.6 Å². The summed E-state index contributed by atoms with van der Waals surface area (Å²) in [6, 6.07) is 7.92. The van der Waals surface area contributed by atoms with E-state index >= 15 is 0 Å². The molecule has 26 heavy (non-hydrogen) atoms. The fourth-order valence-electron chi connectivity index (χ4n) is 3.43. The van der Waals surface area contributed by atoms with Crippen LogP contribution in [0.25, 0.3) is 11.0 Å². The lowest BCUT2D eigenvalue weighted by molar-refractivity contribution is 0.0767. The van der Waals surface area contributed by atoms with Crippen LogP contribution in [-0.2, 0) is 7.05 Å². The van der Waals surface area contributed by atoms with Gasteiger partial charge in [-0.25, -0.2) is 9.97 Å². The van der Waals surface area contributed by atoms with Gasteiger partial charge >= 0.3 is 0 Å². The molecule has 1 aliphatic heterocycles. The van der Waals surface area contributed by atoms with Crippen LogP contribution in [0.2, 0.25) is 0 Å². The number of carbonyl (C=O) groups excluding carboxylic acids is 1. The number of hydrogen-bond donors (Lipinski definition) is 0. The largest absolute Gasteiger partial charge is 0.353 e. The van der Waals surface area contributed by atoms with E-state index in [-0.39, 0.29) is 5.91 Å². The van der Waals surface area contributed by atoms with Crippen LogP contribution in [0.4, 0.5) is 5.82 Å². The van der Waals surface area contributed by atoms with E-state index in [0.717, 1.165) is 48.6 Å². The normalized spacial score (nSPS) is 15.3. The van der Waals surface area contributed by atoms with Crippen LogP contribution in [0.1, 0.15) is 22.5 Å². The smallest absolute Gasteiger partial charge is 0.257 e. The zero-order chi connectivity index (χ0) is 18.1. The van der Waals surface area contributed by atoms with E-state index in [4.69, 9.17) is 9.97 Å². The van der Waals surface area contributed by atoms with Gasteiger partial charge in [0.05, 0.1) is 28.5 Å². The van der Waals surface area contributed by atoms with Crippen molar-refractivity contribution in [2.45, 2.75) is 13.3 Å². The highest BCUT2D eigenvalue weighted by atomic mass is 16.2. The van der Waals surface area contributed by atoms with Gasteiger partial charge in [0.1, 0.15) is 0 Å². The second-order valence-corrected chi connectivity index (χ2v) is 6.66. The zero-order valence-electron chi connectivity index (χ0n) is 15.1. The number of benzene rings is 1. The summed E-state index contributed by atoms with van der Waals surface area (Å²) in [6.45, 7) is 5.02. The summed E-state index contributed by atoms with van der Waals surface area (Å²) in [7, 11) is 1.82. The molecule has 134 valence electrons. The number of aryl methyl sites for hydroxylation is 2. The highest BCUT2D eigenvalue weighted by molar-refractivity contribution is 5.93. The third-order valence-corrected chi connectivity index (χ3v) is 4.75. The van der Waals surface area contributed by atoms with Crippen molar-refractivity contribution in [1.29, 1.82) is 0 Å². The van der Waals surface area contributed by atoms with Gasteiger partial charge in [-0.2, -0.15) is 5.10 Å². The first-order valence-corrected chi connectivity index (χ1v) is 8.88. The molecule has 1 aromatic carbocycles. The Kier molecular flexibility index (Phi) is 4.28. The molecule has 1 saturated heterocycles. The fraction of sp³-hybridized carbons (Fsp3) is 0.368. The van der Waals surface area contributed by atoms with Crippen LogP contribution in [0.15, 0.2) is 36.7 Å². The Morgan fingerprint density at radius 1 is 1.04 bits per heavy atom. The molecule has 7 heteroatoms. The second-order valence-electron chi connectivity index (χ2n) is 6.66. The molecule has 0 bridgehead atoms. The monoisotopic (exact) mass is 350 g/mol. The van der Waals surface area contributed by atoms with E-state index in [1.54, 1.807) is 17.1 Å². The van der Waals surface area contributed by atoms with Crippen molar-refractivity contribution in [2.24, 2.45) is 7.05 Å². The molecule has 1 aliphatic rings. The average Bonchev–Trinajstić information content (AvgIpc) is 2.93. The molecule has 3 heterocycles. The van der Waals surface area contributed by atoms with Gasteiger partial charge in [-0.15, -0.1) is 0 Å². The summed E-state index contributed by atoms with van der Waals surface area (Å²) in [6.07, 6.45) is 4.30. The van der Waals surface area contributed by atoms with Crippen LogP contribution in [0.5, 0.6) is 0 Å². The van der Waals surface area contributed by atoms with Crippen LogP contribution in [0, 0.1) is 6.92 Å². The lowest BCUT2D eigenvalue weighted by Gasteiger charge is -2.24. The van der Waals surface area contributed by atoms with E-state index in [2.05, 4.69) is 10.00 Å². The molecule has 0 saturated carbocycles. The molecular weight excluding hydrogens is 328 g/mol. The number of anilines is 1. The van der Waals surface area contributed by atoms with Crippen molar-refractivity contribution in [3.63, 3.8) is 0 Å². The predicted molar refractivity (Wildman–Crippen MR) is 100 cm³/mol. The number of carbonyl (C=O) groups is 1. The standard InChI is InChI=1S/C19H22N6O/c1-14-18(22-17-7-4-3-6-16(17)21-14)24-8-5-9-25(11-10-24)19(26)15-12-20-23(2)13-15/h3-4,6-7,12-13H,5,8-11H2,1-2H3. The fourth-order valence-corrected chi connectivity index (χ4v) is 3.43. The van der Waals surface area contributed by atoms with E-state index in [1.807, 2.05) is 43.1 Å². The third-order valence-electron chi connectivity index (χ3n) is 4.75. The first-order chi connectivity index (χ1) is 12.6. The minimum Gasteiger partial charge on any atom is -0.353 e. The van der Waals surface area contributed by atoms with Gasteiger partial charge in [-0.05, 0) is 25.5 Å². The number of hydrogen-bond acceptors (Lipinski definition) is 5. The summed E-state index contributed by atoms with van der Waals surface area (Å²) in [4.78, 5) is 26.3. The molecule has 0 N–H and O–H groups in total.